The molecule has 0 aliphatic carbocycles. The summed E-state index contributed by atoms with van der Waals surface area (Å²) in [5, 5.41) is 12.7. The third-order valence-corrected chi connectivity index (χ3v) is 3.73. The van der Waals surface area contributed by atoms with Gasteiger partial charge in [0.2, 0.25) is 0 Å². The number of hydrogen-bond donors (Lipinski definition) is 1. The fourth-order valence-corrected chi connectivity index (χ4v) is 2.60. The van der Waals surface area contributed by atoms with E-state index in [9.17, 15) is 0 Å². The smallest absolute Gasteiger partial charge is 0.144 e. The summed E-state index contributed by atoms with van der Waals surface area (Å²) in [6, 6.07) is 6.68. The summed E-state index contributed by atoms with van der Waals surface area (Å²) in [4.78, 5) is 6.52. The number of aromatic nitrogens is 1. The number of nitriles is 1. The summed E-state index contributed by atoms with van der Waals surface area (Å²) in [5.74, 6) is 0. The fourth-order valence-electron chi connectivity index (χ4n) is 2.60. The van der Waals surface area contributed by atoms with Gasteiger partial charge in [-0.3, -0.25) is 4.90 Å². The summed E-state index contributed by atoms with van der Waals surface area (Å²) in [6.07, 6.45) is 5.56. The summed E-state index contributed by atoms with van der Waals surface area (Å²) < 4.78 is 0. The molecule has 19 heavy (non-hydrogen) atoms. The minimum atomic E-state index is 0.553. The molecule has 4 heteroatoms. The van der Waals surface area contributed by atoms with Gasteiger partial charge in [-0.15, -0.1) is 0 Å². The maximum Gasteiger partial charge on any atom is 0.144 e. The van der Waals surface area contributed by atoms with Crippen molar-refractivity contribution in [3.05, 3.63) is 29.6 Å². The van der Waals surface area contributed by atoms with E-state index >= 15 is 0 Å². The SMILES string of the molecule is CCN(Cc1cccnc1C#N)CC1CCCCN1. The molecule has 1 aliphatic heterocycles. The maximum atomic E-state index is 9.08. The second kappa shape index (κ2) is 7.22. The predicted molar refractivity (Wildman–Crippen MR) is 75.5 cm³/mol. The van der Waals surface area contributed by atoms with Crippen LogP contribution in [0.25, 0.3) is 0 Å². The van der Waals surface area contributed by atoms with Crippen LogP contribution in [0.4, 0.5) is 0 Å². The van der Waals surface area contributed by atoms with Gasteiger partial charge in [-0.05, 0) is 32.0 Å². The van der Waals surface area contributed by atoms with E-state index < -0.39 is 0 Å². The van der Waals surface area contributed by atoms with Gasteiger partial charge in [-0.2, -0.15) is 5.26 Å². The van der Waals surface area contributed by atoms with Gasteiger partial charge < -0.3 is 5.32 Å². The summed E-state index contributed by atoms with van der Waals surface area (Å²) in [5.41, 5.74) is 1.58. The van der Waals surface area contributed by atoms with Crippen molar-refractivity contribution in [3.63, 3.8) is 0 Å². The zero-order valence-corrected chi connectivity index (χ0v) is 11.6. The van der Waals surface area contributed by atoms with E-state index in [1.165, 1.54) is 19.3 Å². The molecule has 2 heterocycles. The molecule has 1 aliphatic rings. The van der Waals surface area contributed by atoms with Crippen molar-refractivity contribution >= 4 is 0 Å². The highest BCUT2D eigenvalue weighted by atomic mass is 15.1. The molecular formula is C15H22N4. The number of nitrogens with zero attached hydrogens (tertiary/aromatic N) is 3. The normalized spacial score (nSPS) is 19.3. The Balaban J connectivity index is 1.96. The van der Waals surface area contributed by atoms with Gasteiger partial charge >= 0.3 is 0 Å². The van der Waals surface area contributed by atoms with Crippen LogP contribution in [0.5, 0.6) is 0 Å². The molecule has 0 spiro atoms. The molecule has 0 bridgehead atoms. The number of piperidine rings is 1. The Morgan fingerprint density at radius 1 is 1.53 bits per heavy atom. The van der Waals surface area contributed by atoms with Crippen LogP contribution < -0.4 is 5.32 Å². The molecule has 0 radical (unpaired) electrons. The first-order valence-electron chi connectivity index (χ1n) is 7.13. The molecule has 1 atom stereocenters. The molecular weight excluding hydrogens is 236 g/mol. The highest BCUT2D eigenvalue weighted by Crippen LogP contribution is 2.12. The highest BCUT2D eigenvalue weighted by Gasteiger charge is 2.16. The van der Waals surface area contributed by atoms with Gasteiger partial charge in [0.25, 0.3) is 0 Å². The molecule has 2 rings (SSSR count). The molecule has 1 aromatic rings. The minimum Gasteiger partial charge on any atom is -0.313 e. The zero-order chi connectivity index (χ0) is 13.5. The topological polar surface area (TPSA) is 52.0 Å². The summed E-state index contributed by atoms with van der Waals surface area (Å²) in [6.45, 7) is 6.17. The van der Waals surface area contributed by atoms with Gasteiger partial charge in [-0.1, -0.05) is 19.4 Å². The lowest BCUT2D eigenvalue weighted by molar-refractivity contribution is 0.226. The number of likely N-dealkylation sites (N-methyl/N-ethyl adjacent to an activating group) is 1. The van der Waals surface area contributed by atoms with E-state index in [0.29, 0.717) is 11.7 Å². The average molecular weight is 258 g/mol. The Bertz CT molecular complexity index is 432. The Hall–Kier alpha value is -1.44. The van der Waals surface area contributed by atoms with E-state index in [0.717, 1.165) is 31.7 Å². The quantitative estimate of drug-likeness (QED) is 0.876. The third kappa shape index (κ3) is 4.02. The third-order valence-electron chi connectivity index (χ3n) is 3.73. The van der Waals surface area contributed by atoms with Crippen molar-refractivity contribution in [2.45, 2.75) is 38.8 Å². The van der Waals surface area contributed by atoms with Crippen LogP contribution in [0.2, 0.25) is 0 Å². The molecule has 0 saturated carbocycles. The predicted octanol–water partition coefficient (Wildman–Crippen LogP) is 1.92. The van der Waals surface area contributed by atoms with Crippen LogP contribution in [-0.4, -0.2) is 35.6 Å². The van der Waals surface area contributed by atoms with E-state index in [2.05, 4.69) is 28.2 Å². The van der Waals surface area contributed by atoms with Gasteiger partial charge in [0.15, 0.2) is 0 Å². The van der Waals surface area contributed by atoms with E-state index in [-0.39, 0.29) is 0 Å². The number of hydrogen-bond acceptors (Lipinski definition) is 4. The van der Waals surface area contributed by atoms with E-state index in [1.54, 1.807) is 6.20 Å². The molecule has 1 fully saturated rings. The van der Waals surface area contributed by atoms with E-state index in [4.69, 9.17) is 5.26 Å². The van der Waals surface area contributed by atoms with Crippen LogP contribution in [0, 0.1) is 11.3 Å². The first-order valence-corrected chi connectivity index (χ1v) is 7.13. The molecule has 1 saturated heterocycles. The van der Waals surface area contributed by atoms with Crippen LogP contribution in [-0.2, 0) is 6.54 Å². The highest BCUT2D eigenvalue weighted by molar-refractivity contribution is 5.30. The second-order valence-electron chi connectivity index (χ2n) is 5.10. The Morgan fingerprint density at radius 3 is 3.11 bits per heavy atom. The van der Waals surface area contributed by atoms with Crippen molar-refractivity contribution < 1.29 is 0 Å². The molecule has 4 nitrogen and oxygen atoms in total. The molecule has 102 valence electrons. The van der Waals surface area contributed by atoms with Crippen molar-refractivity contribution in [1.82, 2.24) is 15.2 Å². The number of rotatable bonds is 5. The van der Waals surface area contributed by atoms with Crippen LogP contribution in [0.15, 0.2) is 18.3 Å². The lowest BCUT2D eigenvalue weighted by Crippen LogP contribution is -2.43. The van der Waals surface area contributed by atoms with Crippen LogP contribution in [0.1, 0.15) is 37.4 Å². The van der Waals surface area contributed by atoms with Gasteiger partial charge in [0.05, 0.1) is 0 Å². The lowest BCUT2D eigenvalue weighted by Gasteiger charge is -2.30. The largest absolute Gasteiger partial charge is 0.313 e. The Kier molecular flexibility index (Phi) is 5.31. The van der Waals surface area contributed by atoms with Crippen LogP contribution >= 0.6 is 0 Å². The van der Waals surface area contributed by atoms with Gasteiger partial charge in [0.1, 0.15) is 11.8 Å². The number of nitrogens with one attached hydrogen (secondary N) is 1. The molecule has 1 unspecified atom stereocenters. The van der Waals surface area contributed by atoms with Gasteiger partial charge in [-0.25, -0.2) is 4.98 Å². The molecule has 0 amide bonds. The average Bonchev–Trinajstić information content (AvgIpc) is 2.48. The second-order valence-corrected chi connectivity index (χ2v) is 5.10. The molecule has 1 aromatic heterocycles. The van der Waals surface area contributed by atoms with E-state index in [1.807, 2.05) is 12.1 Å². The van der Waals surface area contributed by atoms with Gasteiger partial charge in [0, 0.05) is 30.9 Å². The fraction of sp³-hybridized carbons (Fsp3) is 0.600. The first kappa shape index (κ1) is 14.0. The maximum absolute atomic E-state index is 9.08. The monoisotopic (exact) mass is 258 g/mol. The Morgan fingerprint density at radius 2 is 2.42 bits per heavy atom. The standard InChI is InChI=1S/C15H22N4/c1-2-19(12-14-7-3-4-8-17-14)11-13-6-5-9-18-15(13)10-16/h5-6,9,14,17H,2-4,7-8,11-12H2,1H3. The molecule has 1 N–H and O–H groups in total. The zero-order valence-electron chi connectivity index (χ0n) is 11.6. The van der Waals surface area contributed by atoms with Crippen molar-refractivity contribution in [1.29, 1.82) is 5.26 Å². The van der Waals surface area contributed by atoms with Crippen molar-refractivity contribution in [2.24, 2.45) is 0 Å². The Labute approximate surface area is 115 Å². The van der Waals surface area contributed by atoms with Crippen molar-refractivity contribution in [3.8, 4) is 6.07 Å². The molecule has 0 aromatic carbocycles. The lowest BCUT2D eigenvalue weighted by atomic mass is 10.0. The minimum absolute atomic E-state index is 0.553. The summed E-state index contributed by atoms with van der Waals surface area (Å²) >= 11 is 0. The number of pyridine rings is 1. The van der Waals surface area contributed by atoms with Crippen molar-refractivity contribution in [2.75, 3.05) is 19.6 Å². The first-order chi connectivity index (χ1) is 9.33. The summed E-state index contributed by atoms with van der Waals surface area (Å²) in [7, 11) is 0. The van der Waals surface area contributed by atoms with Crippen LogP contribution in [0.3, 0.4) is 0 Å².